The van der Waals surface area contributed by atoms with Crippen LogP contribution in [0.4, 0.5) is 17.6 Å². The Kier molecular flexibility index (Phi) is 6.38. The van der Waals surface area contributed by atoms with E-state index in [0.29, 0.717) is 11.8 Å². The number of rotatable bonds is 6. The predicted octanol–water partition coefficient (Wildman–Crippen LogP) is 5.32. The maximum Gasteiger partial charge on any atom is 0.416 e. The van der Waals surface area contributed by atoms with Crippen molar-refractivity contribution < 1.29 is 32.2 Å². The lowest BCUT2D eigenvalue weighted by molar-refractivity contribution is -0.139. The second-order valence-corrected chi connectivity index (χ2v) is 7.96. The molecule has 2 aromatic rings. The third-order valence-electron chi connectivity index (χ3n) is 4.67. The fraction of sp³-hybridized carbons (Fsp3) is 0.350. The van der Waals surface area contributed by atoms with Crippen molar-refractivity contribution in [3.05, 3.63) is 58.9 Å². The fourth-order valence-electron chi connectivity index (χ4n) is 3.45. The van der Waals surface area contributed by atoms with E-state index in [-0.39, 0.29) is 10.9 Å². The van der Waals surface area contributed by atoms with Gasteiger partial charge in [-0.25, -0.2) is 13.5 Å². The minimum Gasteiger partial charge on any atom is -0.482 e. The van der Waals surface area contributed by atoms with E-state index >= 15 is 0 Å². The molecule has 1 aliphatic rings. The topological polar surface area (TPSA) is 49.8 Å². The molecule has 1 unspecified atom stereocenters. The molecule has 0 radical (unpaired) electrons. The largest absolute Gasteiger partial charge is 0.482 e. The molecule has 0 saturated carbocycles. The molecule has 2 aromatic carbocycles. The Morgan fingerprint density at radius 2 is 2.07 bits per heavy atom. The van der Waals surface area contributed by atoms with Gasteiger partial charge in [0.1, 0.15) is 11.6 Å². The van der Waals surface area contributed by atoms with Gasteiger partial charge >= 0.3 is 12.1 Å². The first-order valence-electron chi connectivity index (χ1n) is 8.90. The summed E-state index contributed by atoms with van der Waals surface area (Å²) in [5, 5.41) is 8.84. The van der Waals surface area contributed by atoms with Crippen molar-refractivity contribution in [2.24, 2.45) is 0 Å². The summed E-state index contributed by atoms with van der Waals surface area (Å²) in [4.78, 5) is 11.0. The number of fused-ring (bicyclic) bond motifs is 1. The average Bonchev–Trinajstić information content (AvgIpc) is 2.64. The van der Waals surface area contributed by atoms with Gasteiger partial charge in [0.05, 0.1) is 5.56 Å². The Morgan fingerprint density at radius 3 is 2.76 bits per heavy atom. The minimum absolute atomic E-state index is 0.130. The number of hydrogen-bond donors (Lipinski definition) is 1. The van der Waals surface area contributed by atoms with Crippen LogP contribution >= 0.6 is 11.9 Å². The maximum atomic E-state index is 13.7. The Morgan fingerprint density at radius 1 is 1.31 bits per heavy atom. The highest BCUT2D eigenvalue weighted by molar-refractivity contribution is 7.97. The van der Waals surface area contributed by atoms with Crippen LogP contribution in [0.3, 0.4) is 0 Å². The molecule has 156 valence electrons. The molecule has 9 heteroatoms. The van der Waals surface area contributed by atoms with Crippen molar-refractivity contribution in [2.45, 2.75) is 36.4 Å². The van der Waals surface area contributed by atoms with Gasteiger partial charge in [0.2, 0.25) is 0 Å². The highest BCUT2D eigenvalue weighted by Crippen LogP contribution is 2.42. The van der Waals surface area contributed by atoms with Gasteiger partial charge in [0.25, 0.3) is 0 Å². The Bertz CT molecular complexity index is 904. The Balaban J connectivity index is 1.83. The molecular weight excluding hydrogens is 410 g/mol. The SMILES string of the molecule is CN(Sc1cc(F)cc(C(F)(F)F)c1)C1CCCc2c(OCC(=O)O)cccc21. The zero-order valence-electron chi connectivity index (χ0n) is 15.5. The number of aliphatic carboxylic acids is 1. The molecule has 0 aliphatic heterocycles. The summed E-state index contributed by atoms with van der Waals surface area (Å²) in [6.45, 7) is -0.449. The van der Waals surface area contributed by atoms with Gasteiger partial charge in [-0.1, -0.05) is 12.1 Å². The van der Waals surface area contributed by atoms with Crippen molar-refractivity contribution in [1.82, 2.24) is 4.31 Å². The molecule has 0 spiro atoms. The lowest BCUT2D eigenvalue weighted by atomic mass is 9.87. The molecule has 4 nitrogen and oxygen atoms in total. The highest BCUT2D eigenvalue weighted by Gasteiger charge is 2.32. The number of carboxylic acids is 1. The molecule has 0 aromatic heterocycles. The first kappa shape index (κ1) is 21.4. The number of benzene rings is 2. The normalized spacial score (nSPS) is 16.6. The number of carboxylic acid groups (broad SMARTS) is 1. The summed E-state index contributed by atoms with van der Waals surface area (Å²) in [7, 11) is 1.74. The van der Waals surface area contributed by atoms with Gasteiger partial charge < -0.3 is 9.84 Å². The quantitative estimate of drug-likeness (QED) is 0.497. The van der Waals surface area contributed by atoms with Crippen LogP contribution in [0.25, 0.3) is 0 Å². The molecule has 0 amide bonds. The molecule has 1 aliphatic carbocycles. The van der Waals surface area contributed by atoms with Crippen LogP contribution in [-0.4, -0.2) is 29.0 Å². The number of halogens is 4. The summed E-state index contributed by atoms with van der Waals surface area (Å²) in [5.41, 5.74) is 0.802. The molecule has 0 saturated heterocycles. The van der Waals surface area contributed by atoms with Crippen LogP contribution < -0.4 is 4.74 Å². The first-order chi connectivity index (χ1) is 13.6. The number of ether oxygens (including phenoxy) is 1. The molecule has 3 rings (SSSR count). The summed E-state index contributed by atoms with van der Waals surface area (Å²) in [5.74, 6) is -1.52. The van der Waals surface area contributed by atoms with Crippen molar-refractivity contribution in [2.75, 3.05) is 13.7 Å². The zero-order chi connectivity index (χ0) is 21.2. The van der Waals surface area contributed by atoms with Gasteiger partial charge in [-0.15, -0.1) is 0 Å². The predicted molar refractivity (Wildman–Crippen MR) is 100 cm³/mol. The number of nitrogens with zero attached hydrogens (tertiary/aromatic N) is 1. The monoisotopic (exact) mass is 429 g/mol. The lowest BCUT2D eigenvalue weighted by Crippen LogP contribution is -2.23. The molecular formula is C20H19F4NO3S. The third kappa shape index (κ3) is 5.22. The average molecular weight is 429 g/mol. The van der Waals surface area contributed by atoms with Crippen LogP contribution in [0.5, 0.6) is 5.75 Å². The molecule has 0 bridgehead atoms. The van der Waals surface area contributed by atoms with E-state index in [1.54, 1.807) is 23.5 Å². The van der Waals surface area contributed by atoms with E-state index in [4.69, 9.17) is 9.84 Å². The van der Waals surface area contributed by atoms with Gasteiger partial charge in [-0.05, 0) is 73.7 Å². The summed E-state index contributed by atoms with van der Waals surface area (Å²) in [6, 6.07) is 7.72. The van der Waals surface area contributed by atoms with Crippen LogP contribution in [0.2, 0.25) is 0 Å². The van der Waals surface area contributed by atoms with E-state index in [9.17, 15) is 22.4 Å². The molecule has 29 heavy (non-hydrogen) atoms. The third-order valence-corrected chi connectivity index (χ3v) is 5.66. The summed E-state index contributed by atoms with van der Waals surface area (Å²) >= 11 is 1.04. The van der Waals surface area contributed by atoms with E-state index in [1.807, 2.05) is 6.07 Å². The second kappa shape index (κ2) is 8.62. The standard InChI is InChI=1S/C20H19F4NO3S/c1-25(29-14-9-12(20(22,23)24)8-13(21)10-14)17-6-2-5-16-15(17)4-3-7-18(16)28-11-19(26)27/h3-4,7-10,17H,2,5-6,11H2,1H3,(H,26,27). The maximum absolute atomic E-state index is 13.7. The smallest absolute Gasteiger partial charge is 0.416 e. The minimum atomic E-state index is -4.62. The summed E-state index contributed by atoms with van der Waals surface area (Å²) in [6.07, 6.45) is -2.32. The number of hydrogen-bond acceptors (Lipinski definition) is 4. The molecule has 0 heterocycles. The Hall–Kier alpha value is -2.26. The van der Waals surface area contributed by atoms with E-state index in [2.05, 4.69) is 0 Å². The van der Waals surface area contributed by atoms with Crippen LogP contribution in [0, 0.1) is 5.82 Å². The van der Waals surface area contributed by atoms with Gasteiger partial charge in [-0.3, -0.25) is 0 Å². The Labute approximate surface area is 169 Å². The molecule has 1 N–H and O–H groups in total. The van der Waals surface area contributed by atoms with E-state index in [0.717, 1.165) is 54.5 Å². The van der Waals surface area contributed by atoms with Crippen molar-refractivity contribution in [3.63, 3.8) is 0 Å². The lowest BCUT2D eigenvalue weighted by Gasteiger charge is -2.33. The fourth-order valence-corrected chi connectivity index (χ4v) is 4.48. The van der Waals surface area contributed by atoms with E-state index < -0.39 is 30.1 Å². The number of carbonyl (C=O) groups is 1. The van der Waals surface area contributed by atoms with Crippen LogP contribution in [0.1, 0.15) is 35.6 Å². The van der Waals surface area contributed by atoms with Crippen molar-refractivity contribution >= 4 is 17.9 Å². The summed E-state index contributed by atoms with van der Waals surface area (Å²) < 4.78 is 59.8. The zero-order valence-corrected chi connectivity index (χ0v) is 16.3. The van der Waals surface area contributed by atoms with Crippen molar-refractivity contribution in [3.8, 4) is 5.75 Å². The first-order valence-corrected chi connectivity index (χ1v) is 9.67. The molecule has 0 fully saturated rings. The second-order valence-electron chi connectivity index (χ2n) is 6.73. The molecule has 1 atom stereocenters. The van der Waals surface area contributed by atoms with E-state index in [1.165, 1.54) is 0 Å². The van der Waals surface area contributed by atoms with Gasteiger partial charge in [0.15, 0.2) is 6.61 Å². The van der Waals surface area contributed by atoms with Gasteiger partial charge in [-0.2, -0.15) is 13.2 Å². The van der Waals surface area contributed by atoms with Crippen LogP contribution in [0.15, 0.2) is 41.3 Å². The van der Waals surface area contributed by atoms with Crippen molar-refractivity contribution in [1.29, 1.82) is 0 Å². The number of alkyl halides is 3. The highest BCUT2D eigenvalue weighted by atomic mass is 32.2. The van der Waals surface area contributed by atoms with Crippen LogP contribution in [-0.2, 0) is 17.4 Å². The van der Waals surface area contributed by atoms with Gasteiger partial charge in [0, 0.05) is 10.9 Å².